The van der Waals surface area contributed by atoms with Crippen molar-refractivity contribution in [3.05, 3.63) is 22.1 Å². The zero-order valence-corrected chi connectivity index (χ0v) is 8.61. The highest BCUT2D eigenvalue weighted by molar-refractivity contribution is 5.14. The van der Waals surface area contributed by atoms with E-state index in [0.717, 1.165) is 38.6 Å². The van der Waals surface area contributed by atoms with Crippen molar-refractivity contribution in [2.24, 2.45) is 5.73 Å². The van der Waals surface area contributed by atoms with Gasteiger partial charge in [-0.2, -0.15) is 0 Å². The van der Waals surface area contributed by atoms with Gasteiger partial charge in [0.2, 0.25) is 0 Å². The molecule has 0 radical (unpaired) electrons. The molecule has 1 rings (SSSR count). The number of aromatic nitrogens is 2. The molecule has 0 aliphatic rings. The third-order valence-electron chi connectivity index (χ3n) is 2.18. The van der Waals surface area contributed by atoms with Crippen LogP contribution >= 0.6 is 0 Å². The zero-order chi connectivity index (χ0) is 11.1. The number of nitro groups is 1. The van der Waals surface area contributed by atoms with E-state index in [-0.39, 0.29) is 5.82 Å². The molecule has 3 N–H and O–H groups in total. The summed E-state index contributed by atoms with van der Waals surface area (Å²) in [5, 5.41) is 10.3. The van der Waals surface area contributed by atoms with E-state index in [4.69, 9.17) is 5.73 Å². The smallest absolute Gasteiger partial charge is 0.340 e. The molecule has 84 valence electrons. The maximum atomic E-state index is 10.3. The number of aromatic amines is 1. The summed E-state index contributed by atoms with van der Waals surface area (Å²) in [6, 6.07) is 0. The van der Waals surface area contributed by atoms with Gasteiger partial charge in [0.05, 0.1) is 0 Å². The fraction of sp³-hybridized carbons (Fsp3) is 0.667. The van der Waals surface area contributed by atoms with E-state index in [1.807, 2.05) is 0 Å². The van der Waals surface area contributed by atoms with E-state index >= 15 is 0 Å². The van der Waals surface area contributed by atoms with E-state index < -0.39 is 4.92 Å². The summed E-state index contributed by atoms with van der Waals surface area (Å²) < 4.78 is 0. The van der Waals surface area contributed by atoms with Crippen LogP contribution in [-0.4, -0.2) is 21.4 Å². The molecule has 0 atom stereocenters. The van der Waals surface area contributed by atoms with Gasteiger partial charge in [-0.25, -0.2) is 9.97 Å². The molecule has 0 aliphatic carbocycles. The van der Waals surface area contributed by atoms with Gasteiger partial charge in [-0.1, -0.05) is 12.8 Å². The standard InChI is InChI=1S/C9H16N4O2/c10-6-4-2-1-3-5-8-11-7-9(12-8)13(14)15/h7H,1-6,10H2,(H,11,12). The highest BCUT2D eigenvalue weighted by Gasteiger charge is 2.08. The minimum absolute atomic E-state index is 0.0352. The van der Waals surface area contributed by atoms with Crippen molar-refractivity contribution in [2.75, 3.05) is 6.54 Å². The molecule has 0 saturated carbocycles. The molecular formula is C9H16N4O2. The van der Waals surface area contributed by atoms with Crippen molar-refractivity contribution >= 4 is 5.82 Å². The molecule has 0 amide bonds. The molecule has 0 unspecified atom stereocenters. The Morgan fingerprint density at radius 2 is 2.13 bits per heavy atom. The summed E-state index contributed by atoms with van der Waals surface area (Å²) in [5.74, 6) is 0.654. The minimum Gasteiger partial charge on any atom is -0.358 e. The molecule has 0 spiro atoms. The zero-order valence-electron chi connectivity index (χ0n) is 8.61. The molecule has 0 aromatic carbocycles. The number of nitrogens with one attached hydrogen (secondary N) is 1. The van der Waals surface area contributed by atoms with E-state index in [1.165, 1.54) is 6.20 Å². The largest absolute Gasteiger partial charge is 0.358 e. The Morgan fingerprint density at radius 3 is 2.73 bits per heavy atom. The molecule has 1 aromatic rings. The first-order valence-corrected chi connectivity index (χ1v) is 5.12. The lowest BCUT2D eigenvalue weighted by Gasteiger charge is -1.96. The molecule has 6 heteroatoms. The van der Waals surface area contributed by atoms with Crippen molar-refractivity contribution < 1.29 is 4.92 Å². The number of aryl methyl sites for hydroxylation is 1. The van der Waals surface area contributed by atoms with Crippen LogP contribution in [0.25, 0.3) is 0 Å². The number of H-pyrrole nitrogens is 1. The third-order valence-corrected chi connectivity index (χ3v) is 2.18. The Kier molecular flexibility index (Phi) is 4.76. The van der Waals surface area contributed by atoms with Crippen molar-refractivity contribution in [2.45, 2.75) is 32.1 Å². The SMILES string of the molecule is NCCCCCCc1ncc([N+](=O)[O-])[nH]1. The van der Waals surface area contributed by atoms with Gasteiger partial charge in [-0.15, -0.1) is 0 Å². The Balaban J connectivity index is 2.23. The maximum absolute atomic E-state index is 10.3. The van der Waals surface area contributed by atoms with Crippen LogP contribution in [0.4, 0.5) is 5.82 Å². The normalized spacial score (nSPS) is 10.5. The van der Waals surface area contributed by atoms with Crippen LogP contribution in [-0.2, 0) is 6.42 Å². The van der Waals surface area contributed by atoms with Crippen molar-refractivity contribution in [1.29, 1.82) is 0 Å². The molecule has 1 aromatic heterocycles. The topological polar surface area (TPSA) is 97.8 Å². The Labute approximate surface area is 88.0 Å². The second kappa shape index (κ2) is 6.13. The van der Waals surface area contributed by atoms with Crippen LogP contribution in [0.2, 0.25) is 0 Å². The summed E-state index contributed by atoms with van der Waals surface area (Å²) in [5.41, 5.74) is 5.37. The van der Waals surface area contributed by atoms with Crippen LogP contribution in [0.1, 0.15) is 31.5 Å². The third kappa shape index (κ3) is 4.07. The molecule has 0 fully saturated rings. The second-order valence-corrected chi connectivity index (χ2v) is 3.43. The molecule has 6 nitrogen and oxygen atoms in total. The minimum atomic E-state index is -0.467. The van der Waals surface area contributed by atoms with E-state index in [0.29, 0.717) is 5.82 Å². The molecule has 0 saturated heterocycles. The van der Waals surface area contributed by atoms with Crippen molar-refractivity contribution in [1.82, 2.24) is 9.97 Å². The number of unbranched alkanes of at least 4 members (excludes halogenated alkanes) is 3. The summed E-state index contributed by atoms with van der Waals surface area (Å²) in [7, 11) is 0. The Bertz CT molecular complexity index is 311. The molecule has 15 heavy (non-hydrogen) atoms. The summed E-state index contributed by atoms with van der Waals surface area (Å²) >= 11 is 0. The second-order valence-electron chi connectivity index (χ2n) is 3.43. The quantitative estimate of drug-likeness (QED) is 0.405. The average Bonchev–Trinajstić information content (AvgIpc) is 2.66. The van der Waals surface area contributed by atoms with Gasteiger partial charge in [-0.05, 0) is 24.3 Å². The van der Waals surface area contributed by atoms with Gasteiger partial charge in [0.15, 0.2) is 5.82 Å². The lowest BCUT2D eigenvalue weighted by atomic mass is 10.1. The Morgan fingerprint density at radius 1 is 1.40 bits per heavy atom. The number of nitrogens with two attached hydrogens (primary N) is 1. The van der Waals surface area contributed by atoms with Crippen LogP contribution < -0.4 is 5.73 Å². The monoisotopic (exact) mass is 212 g/mol. The van der Waals surface area contributed by atoms with Crippen molar-refractivity contribution in [3.63, 3.8) is 0 Å². The first kappa shape index (κ1) is 11.6. The van der Waals surface area contributed by atoms with Gasteiger partial charge in [0, 0.05) is 6.42 Å². The lowest BCUT2D eigenvalue weighted by molar-refractivity contribution is -0.389. The van der Waals surface area contributed by atoms with Crippen molar-refractivity contribution in [3.8, 4) is 0 Å². The number of imidazole rings is 1. The fourth-order valence-electron chi connectivity index (χ4n) is 1.36. The number of hydrogen-bond donors (Lipinski definition) is 2. The summed E-state index contributed by atoms with van der Waals surface area (Å²) in [6.45, 7) is 0.728. The first-order valence-electron chi connectivity index (χ1n) is 5.12. The van der Waals surface area contributed by atoms with Crippen LogP contribution in [0.3, 0.4) is 0 Å². The van der Waals surface area contributed by atoms with Crippen LogP contribution in [0, 0.1) is 10.1 Å². The van der Waals surface area contributed by atoms with Crippen LogP contribution in [0.5, 0.6) is 0 Å². The molecule has 1 heterocycles. The number of hydrogen-bond acceptors (Lipinski definition) is 4. The highest BCUT2D eigenvalue weighted by Crippen LogP contribution is 2.09. The molecule has 0 bridgehead atoms. The van der Waals surface area contributed by atoms with E-state index in [1.54, 1.807) is 0 Å². The summed E-state index contributed by atoms with van der Waals surface area (Å²) in [6.07, 6.45) is 6.25. The predicted molar refractivity (Wildman–Crippen MR) is 56.5 cm³/mol. The summed E-state index contributed by atoms with van der Waals surface area (Å²) in [4.78, 5) is 16.5. The van der Waals surface area contributed by atoms with Gasteiger partial charge in [-0.3, -0.25) is 0 Å². The highest BCUT2D eigenvalue weighted by atomic mass is 16.6. The van der Waals surface area contributed by atoms with Gasteiger partial charge >= 0.3 is 5.82 Å². The molecule has 0 aliphatic heterocycles. The van der Waals surface area contributed by atoms with Gasteiger partial charge < -0.3 is 15.8 Å². The number of rotatable bonds is 7. The van der Waals surface area contributed by atoms with E-state index in [2.05, 4.69) is 9.97 Å². The first-order chi connectivity index (χ1) is 7.24. The number of nitrogens with zero attached hydrogens (tertiary/aromatic N) is 2. The van der Waals surface area contributed by atoms with Gasteiger partial charge in [0.1, 0.15) is 6.20 Å². The fourth-order valence-corrected chi connectivity index (χ4v) is 1.36. The van der Waals surface area contributed by atoms with Gasteiger partial charge in [0.25, 0.3) is 0 Å². The lowest BCUT2D eigenvalue weighted by Crippen LogP contribution is -1.98. The maximum Gasteiger partial charge on any atom is 0.340 e. The Hall–Kier alpha value is -1.43. The molecular weight excluding hydrogens is 196 g/mol. The van der Waals surface area contributed by atoms with E-state index in [9.17, 15) is 10.1 Å². The average molecular weight is 212 g/mol. The predicted octanol–water partition coefficient (Wildman–Crippen LogP) is 1.38. The van der Waals surface area contributed by atoms with Crippen LogP contribution in [0.15, 0.2) is 6.20 Å².